The van der Waals surface area contributed by atoms with Gasteiger partial charge in [-0.2, -0.15) is 5.10 Å². The molecule has 0 aliphatic heterocycles. The number of carbonyl (C=O) groups is 2. The van der Waals surface area contributed by atoms with Gasteiger partial charge in [0.25, 0.3) is 0 Å². The fraction of sp³-hybridized carbons (Fsp3) is 0.550. The Morgan fingerprint density at radius 1 is 1.43 bits per heavy atom. The lowest BCUT2D eigenvalue weighted by atomic mass is 9.72. The second kappa shape index (κ2) is 8.55. The third kappa shape index (κ3) is 4.69. The van der Waals surface area contributed by atoms with Gasteiger partial charge < -0.3 is 10.1 Å². The Morgan fingerprint density at radius 3 is 2.77 bits per heavy atom. The minimum Gasteiger partial charge on any atom is -0.462 e. The lowest BCUT2D eigenvalue weighted by Gasteiger charge is -2.33. The Balaban J connectivity index is 1.84. The van der Waals surface area contributed by atoms with Crippen molar-refractivity contribution in [3.05, 3.63) is 38.5 Å². The summed E-state index contributed by atoms with van der Waals surface area (Å²) < 4.78 is 6.44. The molecule has 0 saturated heterocycles. The van der Waals surface area contributed by atoms with Gasteiger partial charge in [-0.1, -0.05) is 20.8 Å². The Labute approximate surface area is 178 Å². The first-order valence-electron chi connectivity index (χ1n) is 9.88. The monoisotopic (exact) mass is 434 g/mol. The van der Waals surface area contributed by atoms with E-state index in [2.05, 4.69) is 31.2 Å². The van der Waals surface area contributed by atoms with Crippen molar-refractivity contribution in [1.29, 1.82) is 0 Å². The van der Waals surface area contributed by atoms with E-state index in [-0.39, 0.29) is 24.3 Å². The zero-order valence-corrected chi connectivity index (χ0v) is 18.4. The summed E-state index contributed by atoms with van der Waals surface area (Å²) in [6.07, 6.45) is 4.89. The molecule has 10 heteroatoms. The van der Waals surface area contributed by atoms with Gasteiger partial charge in [-0.25, -0.2) is 4.79 Å². The highest BCUT2D eigenvalue weighted by molar-refractivity contribution is 7.17. The van der Waals surface area contributed by atoms with Crippen LogP contribution in [0, 0.1) is 21.4 Å². The van der Waals surface area contributed by atoms with Gasteiger partial charge in [0.2, 0.25) is 5.91 Å². The zero-order chi connectivity index (χ0) is 22.1. The van der Waals surface area contributed by atoms with Crippen molar-refractivity contribution in [2.75, 3.05) is 11.9 Å². The number of nitro groups is 1. The maximum atomic E-state index is 12.6. The average Bonchev–Trinajstić information content (AvgIpc) is 3.24. The maximum Gasteiger partial charge on any atom is 0.341 e. The summed E-state index contributed by atoms with van der Waals surface area (Å²) in [4.78, 5) is 36.5. The fourth-order valence-corrected chi connectivity index (χ4v) is 5.01. The lowest BCUT2D eigenvalue weighted by molar-refractivity contribution is -0.385. The third-order valence-corrected chi connectivity index (χ3v) is 6.53. The number of hydrogen-bond acceptors (Lipinski definition) is 7. The van der Waals surface area contributed by atoms with E-state index < -0.39 is 16.8 Å². The number of rotatable bonds is 6. The summed E-state index contributed by atoms with van der Waals surface area (Å²) in [5.74, 6) is -0.356. The molecular formula is C20H26N4O5S. The molecular weight excluding hydrogens is 408 g/mol. The van der Waals surface area contributed by atoms with Crippen molar-refractivity contribution in [1.82, 2.24) is 9.78 Å². The predicted molar refractivity (Wildman–Crippen MR) is 113 cm³/mol. The van der Waals surface area contributed by atoms with Crippen molar-refractivity contribution >= 4 is 33.9 Å². The van der Waals surface area contributed by atoms with E-state index in [4.69, 9.17) is 4.74 Å². The maximum absolute atomic E-state index is 12.6. The lowest BCUT2D eigenvalue weighted by Crippen LogP contribution is -2.26. The van der Waals surface area contributed by atoms with Crippen LogP contribution in [0.2, 0.25) is 0 Å². The predicted octanol–water partition coefficient (Wildman–Crippen LogP) is 3.82. The van der Waals surface area contributed by atoms with Crippen molar-refractivity contribution in [2.45, 2.75) is 53.5 Å². The highest BCUT2D eigenvalue weighted by atomic mass is 32.1. The number of thiophene rings is 1. The van der Waals surface area contributed by atoms with Crippen LogP contribution in [0.5, 0.6) is 0 Å². The standard InChI is InChI=1S/C20H26N4O5S/c1-5-29-19(26)17-14-7-6-12(20(2,3)4)8-15(14)30-18(17)22-16(25)11-23-10-13(9-21-23)24(27)28/h9-10,12H,5-8,11H2,1-4H3,(H,22,25). The van der Waals surface area contributed by atoms with Crippen molar-refractivity contribution in [3.63, 3.8) is 0 Å². The highest BCUT2D eigenvalue weighted by Crippen LogP contribution is 2.44. The molecule has 3 rings (SSSR count). The molecule has 2 heterocycles. The van der Waals surface area contributed by atoms with E-state index in [1.54, 1.807) is 6.92 Å². The van der Waals surface area contributed by atoms with E-state index in [1.807, 2.05) is 0 Å². The summed E-state index contributed by atoms with van der Waals surface area (Å²) in [5, 5.41) is 17.9. The number of ether oxygens (including phenoxy) is 1. The van der Waals surface area contributed by atoms with Crippen molar-refractivity contribution in [2.24, 2.45) is 11.3 Å². The van der Waals surface area contributed by atoms with E-state index in [0.717, 1.165) is 35.9 Å². The van der Waals surface area contributed by atoms with Gasteiger partial charge in [0.15, 0.2) is 0 Å². The van der Waals surface area contributed by atoms with Crippen molar-refractivity contribution < 1.29 is 19.2 Å². The van der Waals surface area contributed by atoms with Crippen LogP contribution in [0.3, 0.4) is 0 Å². The molecule has 0 radical (unpaired) electrons. The topological polar surface area (TPSA) is 116 Å². The molecule has 2 aromatic rings. The number of esters is 1. The van der Waals surface area contributed by atoms with Gasteiger partial charge in [-0.3, -0.25) is 19.6 Å². The first-order valence-corrected chi connectivity index (χ1v) is 10.7. The van der Waals surface area contributed by atoms with Gasteiger partial charge in [0.05, 0.1) is 17.1 Å². The summed E-state index contributed by atoms with van der Waals surface area (Å²) in [6.45, 7) is 8.45. The van der Waals surface area contributed by atoms with Gasteiger partial charge in [-0.15, -0.1) is 11.3 Å². The number of carbonyl (C=O) groups excluding carboxylic acids is 2. The SMILES string of the molecule is CCOC(=O)c1c(NC(=O)Cn2cc([N+](=O)[O-])cn2)sc2c1CCC(C(C)(C)C)C2. The molecule has 9 nitrogen and oxygen atoms in total. The minimum atomic E-state index is -0.570. The van der Waals surface area contributed by atoms with Gasteiger partial charge in [0, 0.05) is 4.88 Å². The van der Waals surface area contributed by atoms with Crippen LogP contribution in [0.15, 0.2) is 12.4 Å². The Kier molecular flexibility index (Phi) is 6.25. The molecule has 0 bridgehead atoms. The molecule has 2 aromatic heterocycles. The summed E-state index contributed by atoms with van der Waals surface area (Å²) in [5.41, 5.74) is 1.37. The van der Waals surface area contributed by atoms with Crippen LogP contribution < -0.4 is 5.32 Å². The highest BCUT2D eigenvalue weighted by Gasteiger charge is 2.34. The van der Waals surface area contributed by atoms with Crippen LogP contribution in [0.1, 0.15) is 54.9 Å². The second-order valence-corrected chi connectivity index (χ2v) is 9.54. The molecule has 0 saturated carbocycles. The number of nitrogens with zero attached hydrogens (tertiary/aromatic N) is 3. The molecule has 0 aromatic carbocycles. The molecule has 1 atom stereocenters. The molecule has 1 aliphatic carbocycles. The third-order valence-electron chi connectivity index (χ3n) is 5.36. The normalized spacial score (nSPS) is 16.1. The van der Waals surface area contributed by atoms with Crippen LogP contribution in [0.25, 0.3) is 0 Å². The summed E-state index contributed by atoms with van der Waals surface area (Å²) in [7, 11) is 0. The summed E-state index contributed by atoms with van der Waals surface area (Å²) >= 11 is 1.41. The molecule has 1 N–H and O–H groups in total. The molecule has 0 fully saturated rings. The molecule has 1 aliphatic rings. The zero-order valence-electron chi connectivity index (χ0n) is 17.6. The first-order chi connectivity index (χ1) is 14.1. The molecule has 30 heavy (non-hydrogen) atoms. The number of amides is 1. The quantitative estimate of drug-likeness (QED) is 0.420. The van der Waals surface area contributed by atoms with Gasteiger partial charge >= 0.3 is 11.7 Å². The Bertz CT molecular complexity index is 972. The number of fused-ring (bicyclic) bond motifs is 1. The van der Waals surface area contributed by atoms with Gasteiger partial charge in [-0.05, 0) is 43.1 Å². The number of hydrogen-bond donors (Lipinski definition) is 1. The van der Waals surface area contributed by atoms with Crippen LogP contribution in [-0.2, 0) is 28.9 Å². The number of anilines is 1. The van der Waals surface area contributed by atoms with Crippen LogP contribution >= 0.6 is 11.3 Å². The Hall–Kier alpha value is -2.75. The molecule has 0 spiro atoms. The smallest absolute Gasteiger partial charge is 0.341 e. The first kappa shape index (κ1) is 21.9. The number of nitrogens with one attached hydrogen (secondary N) is 1. The second-order valence-electron chi connectivity index (χ2n) is 8.44. The minimum absolute atomic E-state index is 0.157. The van der Waals surface area contributed by atoms with Crippen molar-refractivity contribution in [3.8, 4) is 0 Å². The van der Waals surface area contributed by atoms with E-state index in [1.165, 1.54) is 22.2 Å². The van der Waals surface area contributed by atoms with E-state index in [0.29, 0.717) is 16.5 Å². The van der Waals surface area contributed by atoms with E-state index >= 15 is 0 Å². The molecule has 1 amide bonds. The van der Waals surface area contributed by atoms with Gasteiger partial charge in [0.1, 0.15) is 23.9 Å². The molecule has 162 valence electrons. The van der Waals surface area contributed by atoms with Crippen LogP contribution in [0.4, 0.5) is 10.7 Å². The fourth-order valence-electron chi connectivity index (χ4n) is 3.68. The average molecular weight is 435 g/mol. The largest absolute Gasteiger partial charge is 0.462 e. The van der Waals surface area contributed by atoms with Crippen LogP contribution in [-0.4, -0.2) is 33.2 Å². The summed E-state index contributed by atoms with van der Waals surface area (Å²) in [6, 6.07) is 0. The van der Waals surface area contributed by atoms with E-state index in [9.17, 15) is 19.7 Å². The number of aromatic nitrogens is 2. The Morgan fingerprint density at radius 2 is 2.17 bits per heavy atom. The molecule has 1 unspecified atom stereocenters.